The summed E-state index contributed by atoms with van der Waals surface area (Å²) in [6, 6.07) is 9.52. The van der Waals surface area contributed by atoms with E-state index in [4.69, 9.17) is 25.8 Å². The zero-order chi connectivity index (χ0) is 20.7. The van der Waals surface area contributed by atoms with Gasteiger partial charge in [-0.1, -0.05) is 30.3 Å². The summed E-state index contributed by atoms with van der Waals surface area (Å²) in [5.74, 6) is -0.911. The third-order valence-electron chi connectivity index (χ3n) is 4.64. The maximum absolute atomic E-state index is 12.4. The molecule has 0 radical (unpaired) electrons. The third kappa shape index (κ3) is 5.40. The fraction of sp³-hybridized carbons (Fsp3) is 0.450. The molecule has 1 aromatic heterocycles. The van der Waals surface area contributed by atoms with E-state index in [2.05, 4.69) is 12.1 Å². The van der Waals surface area contributed by atoms with Crippen LogP contribution in [0.4, 0.5) is 0 Å². The summed E-state index contributed by atoms with van der Waals surface area (Å²) < 4.78 is 1.93. The van der Waals surface area contributed by atoms with Gasteiger partial charge in [-0.3, -0.25) is 14.3 Å². The Morgan fingerprint density at radius 1 is 1.21 bits per heavy atom. The van der Waals surface area contributed by atoms with E-state index in [1.54, 1.807) is 0 Å². The van der Waals surface area contributed by atoms with Crippen LogP contribution in [-0.2, 0) is 29.5 Å². The predicted octanol–water partition coefficient (Wildman–Crippen LogP) is 0.815. The lowest BCUT2D eigenvalue weighted by Crippen LogP contribution is -2.45. The smallest absolute Gasteiger partial charge is 0.300 e. The number of aromatic nitrogens is 2. The van der Waals surface area contributed by atoms with Crippen LogP contribution in [0.15, 0.2) is 30.3 Å². The number of fused-ring (bicyclic) bond motifs is 1. The molecule has 0 spiro atoms. The lowest BCUT2D eigenvalue weighted by molar-refractivity contribution is -0.134. The second-order valence-electron chi connectivity index (χ2n) is 6.73. The van der Waals surface area contributed by atoms with E-state index in [1.807, 2.05) is 34.8 Å². The number of hydrogen-bond acceptors (Lipinski definition) is 5. The summed E-state index contributed by atoms with van der Waals surface area (Å²) in [5.41, 5.74) is 10.4. The van der Waals surface area contributed by atoms with Crippen molar-refractivity contribution in [2.75, 3.05) is 19.7 Å². The number of nitrogens with two attached hydrogens (primary N) is 1. The molecule has 2 aromatic rings. The molecular formula is C20H28N4O4. The molecule has 1 amide bonds. The number of aliphatic carboxylic acids is 1. The van der Waals surface area contributed by atoms with Crippen LogP contribution in [-0.4, -0.2) is 62.5 Å². The van der Waals surface area contributed by atoms with Crippen molar-refractivity contribution in [2.45, 2.75) is 32.2 Å². The molecular weight excluding hydrogens is 360 g/mol. The van der Waals surface area contributed by atoms with Gasteiger partial charge in [-0.25, -0.2) is 0 Å². The van der Waals surface area contributed by atoms with Gasteiger partial charge in [0.1, 0.15) is 0 Å². The van der Waals surface area contributed by atoms with Crippen LogP contribution in [0.1, 0.15) is 24.6 Å². The van der Waals surface area contributed by atoms with Gasteiger partial charge in [0.05, 0.1) is 11.7 Å². The van der Waals surface area contributed by atoms with Crippen LogP contribution < -0.4 is 5.73 Å². The number of carboxylic acids is 1. The van der Waals surface area contributed by atoms with Gasteiger partial charge in [0.2, 0.25) is 5.91 Å². The minimum atomic E-state index is -0.833. The number of hydrogen-bond donors (Lipinski definition) is 3. The standard InChI is InChI=1S/C18H24N4O2.C2H4O2/c1-21-16-8-11-22(18(24)15(19)9-12-23)10-7-14(16)17(20-21)13-5-3-2-4-6-13;1-2(3)4/h2-6,15,23H,7-12,19H2,1H3;1H3,(H,3,4)/t15-;/m0./s1. The Balaban J connectivity index is 0.000000640. The molecule has 2 heterocycles. The van der Waals surface area contributed by atoms with Gasteiger partial charge < -0.3 is 20.8 Å². The van der Waals surface area contributed by atoms with E-state index in [1.165, 1.54) is 11.3 Å². The predicted molar refractivity (Wildman–Crippen MR) is 106 cm³/mol. The summed E-state index contributed by atoms with van der Waals surface area (Å²) in [6.45, 7) is 2.29. The van der Waals surface area contributed by atoms with E-state index < -0.39 is 12.0 Å². The highest BCUT2D eigenvalue weighted by atomic mass is 16.4. The van der Waals surface area contributed by atoms with E-state index >= 15 is 0 Å². The number of carboxylic acid groups (broad SMARTS) is 1. The lowest BCUT2D eigenvalue weighted by Gasteiger charge is -2.23. The van der Waals surface area contributed by atoms with Crippen molar-refractivity contribution < 1.29 is 19.8 Å². The maximum Gasteiger partial charge on any atom is 0.300 e. The average Bonchev–Trinajstić information content (AvgIpc) is 2.83. The SMILES string of the molecule is CC(=O)O.Cn1nc(-c2ccccc2)c2c1CCN(C(=O)[C@@H](N)CCO)CC2. The molecule has 0 saturated carbocycles. The second-order valence-corrected chi connectivity index (χ2v) is 6.73. The van der Waals surface area contributed by atoms with Crippen molar-refractivity contribution in [3.63, 3.8) is 0 Å². The first kappa shape index (κ1) is 21.6. The number of nitrogens with zero attached hydrogens (tertiary/aromatic N) is 3. The summed E-state index contributed by atoms with van der Waals surface area (Å²) in [6.07, 6.45) is 1.84. The van der Waals surface area contributed by atoms with Gasteiger partial charge in [-0.2, -0.15) is 5.10 Å². The number of aliphatic hydroxyl groups is 1. The van der Waals surface area contributed by atoms with Gasteiger partial charge in [-0.05, 0) is 12.8 Å². The molecule has 1 aliphatic rings. The Hall–Kier alpha value is -2.71. The zero-order valence-electron chi connectivity index (χ0n) is 16.3. The van der Waals surface area contributed by atoms with Crippen molar-refractivity contribution in [3.8, 4) is 11.3 Å². The Labute approximate surface area is 164 Å². The molecule has 28 heavy (non-hydrogen) atoms. The molecule has 152 valence electrons. The second kappa shape index (κ2) is 10.0. The highest BCUT2D eigenvalue weighted by Gasteiger charge is 2.26. The summed E-state index contributed by atoms with van der Waals surface area (Å²) in [7, 11) is 1.96. The van der Waals surface area contributed by atoms with Crippen molar-refractivity contribution in [1.29, 1.82) is 0 Å². The summed E-state index contributed by atoms with van der Waals surface area (Å²) in [4.78, 5) is 23.2. The van der Waals surface area contributed by atoms with E-state index in [0.29, 0.717) is 19.5 Å². The Bertz CT molecular complexity index is 800. The largest absolute Gasteiger partial charge is 0.481 e. The highest BCUT2D eigenvalue weighted by Crippen LogP contribution is 2.28. The van der Waals surface area contributed by atoms with Gasteiger partial charge in [0.25, 0.3) is 5.97 Å². The van der Waals surface area contributed by atoms with E-state index in [-0.39, 0.29) is 12.5 Å². The first-order chi connectivity index (χ1) is 13.3. The molecule has 8 heteroatoms. The van der Waals surface area contributed by atoms with Gasteiger partial charge in [-0.15, -0.1) is 0 Å². The van der Waals surface area contributed by atoms with Crippen LogP contribution in [0.5, 0.6) is 0 Å². The van der Waals surface area contributed by atoms with E-state index in [9.17, 15) is 4.79 Å². The number of benzene rings is 1. The molecule has 0 bridgehead atoms. The number of amides is 1. The quantitative estimate of drug-likeness (QED) is 0.713. The summed E-state index contributed by atoms with van der Waals surface area (Å²) in [5, 5.41) is 21.1. The lowest BCUT2D eigenvalue weighted by atomic mass is 10.0. The minimum absolute atomic E-state index is 0.0664. The van der Waals surface area contributed by atoms with Crippen molar-refractivity contribution in [3.05, 3.63) is 41.6 Å². The number of carbonyl (C=O) groups is 2. The molecule has 1 aromatic carbocycles. The first-order valence-corrected chi connectivity index (χ1v) is 9.30. The molecule has 0 fully saturated rings. The fourth-order valence-electron chi connectivity index (χ4n) is 3.32. The topological polar surface area (TPSA) is 122 Å². The highest BCUT2D eigenvalue weighted by molar-refractivity contribution is 5.81. The zero-order valence-corrected chi connectivity index (χ0v) is 16.3. The minimum Gasteiger partial charge on any atom is -0.481 e. The molecule has 0 unspecified atom stereocenters. The average molecular weight is 388 g/mol. The molecule has 3 rings (SSSR count). The van der Waals surface area contributed by atoms with Crippen molar-refractivity contribution >= 4 is 11.9 Å². The molecule has 0 aliphatic carbocycles. The van der Waals surface area contributed by atoms with Crippen LogP contribution >= 0.6 is 0 Å². The Kier molecular flexibility index (Phi) is 7.71. The van der Waals surface area contributed by atoms with Gasteiger partial charge in [0, 0.05) is 56.9 Å². The van der Waals surface area contributed by atoms with Crippen LogP contribution in [0, 0.1) is 0 Å². The molecule has 0 saturated heterocycles. The normalized spacial score (nSPS) is 14.4. The molecule has 4 N–H and O–H groups in total. The number of aryl methyl sites for hydroxylation is 1. The number of rotatable bonds is 4. The Morgan fingerprint density at radius 3 is 2.43 bits per heavy atom. The number of carbonyl (C=O) groups excluding carboxylic acids is 1. The summed E-state index contributed by atoms with van der Waals surface area (Å²) >= 11 is 0. The molecule has 1 atom stereocenters. The monoisotopic (exact) mass is 388 g/mol. The van der Waals surface area contributed by atoms with Crippen LogP contribution in [0.2, 0.25) is 0 Å². The fourth-order valence-corrected chi connectivity index (χ4v) is 3.32. The van der Waals surface area contributed by atoms with Crippen LogP contribution in [0.3, 0.4) is 0 Å². The Morgan fingerprint density at radius 2 is 1.82 bits per heavy atom. The van der Waals surface area contributed by atoms with Gasteiger partial charge >= 0.3 is 0 Å². The third-order valence-corrected chi connectivity index (χ3v) is 4.64. The van der Waals surface area contributed by atoms with Gasteiger partial charge in [0.15, 0.2) is 0 Å². The van der Waals surface area contributed by atoms with Crippen molar-refractivity contribution in [2.24, 2.45) is 12.8 Å². The first-order valence-electron chi connectivity index (χ1n) is 9.30. The number of aliphatic hydroxyl groups excluding tert-OH is 1. The van der Waals surface area contributed by atoms with Crippen molar-refractivity contribution in [1.82, 2.24) is 14.7 Å². The molecule has 8 nitrogen and oxygen atoms in total. The maximum atomic E-state index is 12.4. The van der Waals surface area contributed by atoms with E-state index in [0.717, 1.165) is 31.0 Å². The van der Waals surface area contributed by atoms with Crippen LogP contribution in [0.25, 0.3) is 11.3 Å². The molecule has 1 aliphatic heterocycles.